The molecule has 1 amide bonds. The Morgan fingerprint density at radius 3 is 2.22 bits per heavy atom. The number of methoxy groups -OCH3 is 1. The first kappa shape index (κ1) is 28.3. The van der Waals surface area contributed by atoms with Crippen LogP contribution in [0.4, 0.5) is 8.78 Å². The SMILES string of the molecule is COc1ccc(-c2cc(C(=O)N3CCN(S(=O)(=O)/C=C/c4ccccc4)CC3)c(C)n2-c2ccc(F)cc2F)cc1. The summed E-state index contributed by atoms with van der Waals surface area (Å²) in [7, 11) is -2.11. The number of rotatable bonds is 7. The quantitative estimate of drug-likeness (QED) is 0.291. The summed E-state index contributed by atoms with van der Waals surface area (Å²) < 4.78 is 62.7. The van der Waals surface area contributed by atoms with E-state index in [4.69, 9.17) is 4.74 Å². The second-order valence-corrected chi connectivity index (χ2v) is 11.5. The number of hydrogen-bond donors (Lipinski definition) is 0. The number of carbonyl (C=O) groups is 1. The molecule has 4 aromatic rings. The predicted molar refractivity (Wildman–Crippen MR) is 154 cm³/mol. The van der Waals surface area contributed by atoms with E-state index >= 15 is 0 Å². The number of ether oxygens (including phenoxy) is 1. The molecule has 3 aromatic carbocycles. The van der Waals surface area contributed by atoms with Gasteiger partial charge >= 0.3 is 0 Å². The molecule has 0 unspecified atom stereocenters. The van der Waals surface area contributed by atoms with Crippen molar-refractivity contribution in [2.45, 2.75) is 6.92 Å². The van der Waals surface area contributed by atoms with Crippen molar-refractivity contribution in [2.75, 3.05) is 33.3 Å². The van der Waals surface area contributed by atoms with Gasteiger partial charge in [0.05, 0.1) is 24.1 Å². The second-order valence-electron chi connectivity index (χ2n) is 9.64. The molecule has 1 aromatic heterocycles. The van der Waals surface area contributed by atoms with Crippen LogP contribution in [0.2, 0.25) is 0 Å². The van der Waals surface area contributed by atoms with Gasteiger partial charge in [-0.25, -0.2) is 17.2 Å². The monoisotopic (exact) mass is 577 g/mol. The Morgan fingerprint density at radius 2 is 1.59 bits per heavy atom. The third kappa shape index (κ3) is 5.94. The van der Waals surface area contributed by atoms with Crippen molar-refractivity contribution >= 4 is 22.0 Å². The number of amides is 1. The summed E-state index contributed by atoms with van der Waals surface area (Å²) in [5.41, 5.74) is 2.96. The molecular formula is C31H29F2N3O4S. The van der Waals surface area contributed by atoms with Gasteiger partial charge in [-0.15, -0.1) is 0 Å². The van der Waals surface area contributed by atoms with Crippen molar-refractivity contribution < 1.29 is 26.7 Å². The number of halogens is 2. The van der Waals surface area contributed by atoms with Gasteiger partial charge in [-0.05, 0) is 66.6 Å². The van der Waals surface area contributed by atoms with Crippen molar-refractivity contribution in [1.29, 1.82) is 0 Å². The summed E-state index contributed by atoms with van der Waals surface area (Å²) in [6.07, 6.45) is 1.55. The maximum absolute atomic E-state index is 15.0. The molecule has 0 atom stereocenters. The molecular weight excluding hydrogens is 548 g/mol. The molecule has 0 saturated carbocycles. The standard InChI is InChI=1S/C31H29F2N3O4S/c1-22-27(31(37)34-15-17-35(18-16-34)41(38,39)19-14-23-6-4-3-5-7-23)21-30(24-8-11-26(40-2)12-9-24)36(22)29-13-10-25(32)20-28(29)33/h3-14,19-21H,15-18H2,1-2H3/b19-14+. The lowest BCUT2D eigenvalue weighted by Gasteiger charge is -2.33. The topological polar surface area (TPSA) is 71.8 Å². The Kier molecular flexibility index (Phi) is 8.05. The van der Waals surface area contributed by atoms with Crippen LogP contribution in [0.5, 0.6) is 5.75 Å². The minimum Gasteiger partial charge on any atom is -0.497 e. The van der Waals surface area contributed by atoms with Crippen molar-refractivity contribution in [3.05, 3.63) is 113 Å². The van der Waals surface area contributed by atoms with Crippen LogP contribution in [-0.4, -0.2) is 61.4 Å². The zero-order valence-electron chi connectivity index (χ0n) is 22.6. The minimum absolute atomic E-state index is 0.106. The van der Waals surface area contributed by atoms with Crippen molar-refractivity contribution in [3.8, 4) is 22.7 Å². The number of nitrogens with zero attached hydrogens (tertiary/aromatic N) is 3. The molecule has 1 saturated heterocycles. The molecule has 0 spiro atoms. The van der Waals surface area contributed by atoms with Crippen LogP contribution in [0.3, 0.4) is 0 Å². The van der Waals surface area contributed by atoms with Gasteiger partial charge in [0.15, 0.2) is 0 Å². The van der Waals surface area contributed by atoms with Crippen LogP contribution in [0, 0.1) is 18.6 Å². The maximum atomic E-state index is 15.0. The third-order valence-corrected chi connectivity index (χ3v) is 8.70. The maximum Gasteiger partial charge on any atom is 0.255 e. The first-order valence-corrected chi connectivity index (χ1v) is 14.5. The fourth-order valence-corrected chi connectivity index (χ4v) is 6.07. The average Bonchev–Trinajstić information content (AvgIpc) is 3.33. The van der Waals surface area contributed by atoms with Crippen molar-refractivity contribution in [1.82, 2.24) is 13.8 Å². The number of hydrogen-bond acceptors (Lipinski definition) is 4. The fraction of sp³-hybridized carbons (Fsp3) is 0.194. The zero-order valence-corrected chi connectivity index (χ0v) is 23.4. The molecule has 10 heteroatoms. The van der Waals surface area contributed by atoms with Crippen molar-refractivity contribution in [2.24, 2.45) is 0 Å². The van der Waals surface area contributed by atoms with Gasteiger partial charge in [-0.3, -0.25) is 4.79 Å². The van der Waals surface area contributed by atoms with Gasteiger partial charge in [0.2, 0.25) is 10.0 Å². The Balaban J connectivity index is 1.41. The largest absolute Gasteiger partial charge is 0.497 e. The van der Waals surface area contributed by atoms with E-state index in [0.717, 1.165) is 11.6 Å². The summed E-state index contributed by atoms with van der Waals surface area (Å²) in [6.45, 7) is 2.39. The van der Waals surface area contributed by atoms with Gasteiger partial charge in [-0.1, -0.05) is 30.3 Å². The highest BCUT2D eigenvalue weighted by molar-refractivity contribution is 7.92. The molecule has 0 aliphatic carbocycles. The lowest BCUT2D eigenvalue weighted by Crippen LogP contribution is -2.50. The molecule has 0 bridgehead atoms. The van der Waals surface area contributed by atoms with Crippen LogP contribution < -0.4 is 4.74 Å². The van der Waals surface area contributed by atoms with Gasteiger partial charge in [0.1, 0.15) is 17.4 Å². The normalized spacial score (nSPS) is 14.5. The number of aromatic nitrogens is 1. The molecule has 5 rings (SSSR count). The van der Waals surface area contributed by atoms with E-state index in [9.17, 15) is 22.0 Å². The van der Waals surface area contributed by atoms with E-state index in [1.807, 2.05) is 30.3 Å². The highest BCUT2D eigenvalue weighted by atomic mass is 32.2. The van der Waals surface area contributed by atoms with Crippen molar-refractivity contribution in [3.63, 3.8) is 0 Å². The van der Waals surface area contributed by atoms with Gasteiger partial charge in [0, 0.05) is 43.3 Å². The van der Waals surface area contributed by atoms with Gasteiger partial charge in [-0.2, -0.15) is 4.31 Å². The lowest BCUT2D eigenvalue weighted by atomic mass is 10.1. The summed E-state index contributed by atoms with van der Waals surface area (Å²) in [5.74, 6) is -1.13. The van der Waals surface area contributed by atoms with Crippen LogP contribution in [0.1, 0.15) is 21.6 Å². The Hall–Kier alpha value is -4.28. The second kappa shape index (κ2) is 11.7. The highest BCUT2D eigenvalue weighted by Gasteiger charge is 2.30. The Morgan fingerprint density at radius 1 is 0.902 bits per heavy atom. The van der Waals surface area contributed by atoms with Crippen LogP contribution in [0.15, 0.2) is 84.3 Å². The summed E-state index contributed by atoms with van der Waals surface area (Å²) in [4.78, 5) is 15.3. The number of carbonyl (C=O) groups excluding carboxylic acids is 1. The molecule has 1 fully saturated rings. The summed E-state index contributed by atoms with van der Waals surface area (Å²) >= 11 is 0. The van der Waals surface area contributed by atoms with Crippen LogP contribution >= 0.6 is 0 Å². The molecule has 7 nitrogen and oxygen atoms in total. The Bertz CT molecular complexity index is 1690. The van der Waals surface area contributed by atoms with E-state index in [1.165, 1.54) is 21.8 Å². The third-order valence-electron chi connectivity index (χ3n) is 7.13. The molecule has 0 radical (unpaired) electrons. The molecule has 2 heterocycles. The van der Waals surface area contributed by atoms with Crippen LogP contribution in [0.25, 0.3) is 23.0 Å². The van der Waals surface area contributed by atoms with E-state index in [1.54, 1.807) is 59.9 Å². The Labute approximate surface area is 237 Å². The minimum atomic E-state index is -3.66. The van der Waals surface area contributed by atoms with E-state index in [2.05, 4.69) is 0 Å². The smallest absolute Gasteiger partial charge is 0.255 e. The number of piperazine rings is 1. The first-order valence-electron chi connectivity index (χ1n) is 13.0. The highest BCUT2D eigenvalue weighted by Crippen LogP contribution is 2.32. The van der Waals surface area contributed by atoms with E-state index in [0.29, 0.717) is 28.3 Å². The van der Waals surface area contributed by atoms with E-state index in [-0.39, 0.29) is 37.8 Å². The molecule has 0 N–H and O–H groups in total. The fourth-order valence-electron chi connectivity index (χ4n) is 4.90. The molecule has 212 valence electrons. The summed E-state index contributed by atoms with van der Waals surface area (Å²) in [6, 6.07) is 21.3. The molecule has 1 aliphatic rings. The van der Waals surface area contributed by atoms with Gasteiger partial charge < -0.3 is 14.2 Å². The lowest BCUT2D eigenvalue weighted by molar-refractivity contribution is 0.0698. The average molecular weight is 578 g/mol. The number of benzene rings is 3. The van der Waals surface area contributed by atoms with Gasteiger partial charge in [0.25, 0.3) is 5.91 Å². The van der Waals surface area contributed by atoms with E-state index < -0.39 is 21.7 Å². The number of sulfonamides is 1. The summed E-state index contributed by atoms with van der Waals surface area (Å²) in [5, 5.41) is 1.18. The van der Waals surface area contributed by atoms with Crippen LogP contribution in [-0.2, 0) is 10.0 Å². The molecule has 41 heavy (non-hydrogen) atoms. The zero-order chi connectivity index (χ0) is 29.1. The first-order chi connectivity index (χ1) is 19.7. The predicted octanol–water partition coefficient (Wildman–Crippen LogP) is 5.50. The molecule has 1 aliphatic heterocycles.